The van der Waals surface area contributed by atoms with Crippen molar-refractivity contribution in [2.45, 2.75) is 18.6 Å². The van der Waals surface area contributed by atoms with Crippen LogP contribution in [0.4, 0.5) is 13.2 Å². The Bertz CT molecular complexity index is 852. The summed E-state index contributed by atoms with van der Waals surface area (Å²) in [7, 11) is 0. The van der Waals surface area contributed by atoms with Gasteiger partial charge in [-0.05, 0) is 12.1 Å². The summed E-state index contributed by atoms with van der Waals surface area (Å²) >= 11 is 0. The summed E-state index contributed by atoms with van der Waals surface area (Å²) < 4.78 is 45.6. The normalized spacial score (nSPS) is 17.7. The molecular formula is C16H15F3N4O4. The third-order valence-electron chi connectivity index (χ3n) is 4.07. The quantitative estimate of drug-likeness (QED) is 0.860. The van der Waals surface area contributed by atoms with Crippen molar-refractivity contribution in [1.29, 1.82) is 0 Å². The van der Waals surface area contributed by atoms with Crippen molar-refractivity contribution in [3.63, 3.8) is 0 Å². The molecular weight excluding hydrogens is 369 g/mol. The Balaban J connectivity index is 1.88. The largest absolute Gasteiger partial charge is 0.481 e. The van der Waals surface area contributed by atoms with Gasteiger partial charge in [-0.15, -0.1) is 5.10 Å². The minimum atomic E-state index is -4.59. The fourth-order valence-electron chi connectivity index (χ4n) is 2.83. The Morgan fingerprint density at radius 2 is 2.04 bits per heavy atom. The van der Waals surface area contributed by atoms with Crippen LogP contribution >= 0.6 is 0 Å². The molecule has 1 aromatic carbocycles. The highest BCUT2D eigenvalue weighted by molar-refractivity contribution is 5.92. The maximum absolute atomic E-state index is 13.2. The first-order valence-corrected chi connectivity index (χ1v) is 7.97. The van der Waals surface area contributed by atoms with E-state index in [1.807, 2.05) is 0 Å². The highest BCUT2D eigenvalue weighted by Gasteiger charge is 2.35. The number of halogens is 3. The Labute approximate surface area is 151 Å². The van der Waals surface area contributed by atoms with Crippen molar-refractivity contribution in [1.82, 2.24) is 19.9 Å². The van der Waals surface area contributed by atoms with Crippen molar-refractivity contribution >= 4 is 11.9 Å². The molecule has 1 N–H and O–H groups in total. The van der Waals surface area contributed by atoms with E-state index in [9.17, 15) is 22.8 Å². The molecule has 1 atom stereocenters. The third-order valence-corrected chi connectivity index (χ3v) is 4.07. The van der Waals surface area contributed by atoms with Gasteiger partial charge >= 0.3 is 12.1 Å². The smallest absolute Gasteiger partial charge is 0.418 e. The first-order chi connectivity index (χ1) is 12.8. The molecule has 27 heavy (non-hydrogen) atoms. The maximum Gasteiger partial charge on any atom is 0.418 e. The molecule has 2 heterocycles. The van der Waals surface area contributed by atoms with Crippen LogP contribution in [0.2, 0.25) is 0 Å². The number of benzene rings is 1. The van der Waals surface area contributed by atoms with Crippen molar-refractivity contribution in [2.75, 3.05) is 19.8 Å². The van der Waals surface area contributed by atoms with Gasteiger partial charge in [0.1, 0.15) is 0 Å². The van der Waals surface area contributed by atoms with Crippen LogP contribution in [0, 0.1) is 0 Å². The number of carboxylic acids is 1. The molecule has 0 aliphatic carbocycles. The first kappa shape index (κ1) is 18.8. The number of carboxylic acid groups (broad SMARTS) is 1. The van der Waals surface area contributed by atoms with Crippen LogP contribution in [0.1, 0.15) is 22.5 Å². The average Bonchev–Trinajstić information content (AvgIpc) is 3.10. The number of hydrogen-bond acceptors (Lipinski definition) is 5. The summed E-state index contributed by atoms with van der Waals surface area (Å²) in [6, 6.07) is 4.10. The second-order valence-corrected chi connectivity index (χ2v) is 5.89. The molecule has 0 bridgehead atoms. The highest BCUT2D eigenvalue weighted by atomic mass is 19.4. The van der Waals surface area contributed by atoms with Gasteiger partial charge < -0.3 is 14.7 Å². The highest BCUT2D eigenvalue weighted by Crippen LogP contribution is 2.33. The molecule has 0 spiro atoms. The van der Waals surface area contributed by atoms with E-state index in [4.69, 9.17) is 9.84 Å². The van der Waals surface area contributed by atoms with Gasteiger partial charge in [0, 0.05) is 6.54 Å². The summed E-state index contributed by atoms with van der Waals surface area (Å²) in [4.78, 5) is 24.9. The summed E-state index contributed by atoms with van der Waals surface area (Å²) in [5.74, 6) is -1.70. The molecule has 8 nitrogen and oxygen atoms in total. The SMILES string of the molecule is O=C(O)CC1COCCN1C(=O)c1cn(-c2ccccc2C(F)(F)F)nn1. The topological polar surface area (TPSA) is 97.6 Å². The Morgan fingerprint density at radius 1 is 1.30 bits per heavy atom. The number of carbonyl (C=O) groups excluding carboxylic acids is 1. The molecule has 1 unspecified atom stereocenters. The lowest BCUT2D eigenvalue weighted by atomic mass is 10.1. The molecule has 1 aromatic heterocycles. The molecule has 0 radical (unpaired) electrons. The third kappa shape index (κ3) is 4.08. The van der Waals surface area contributed by atoms with Crippen molar-refractivity contribution in [3.8, 4) is 5.69 Å². The molecule has 144 valence electrons. The molecule has 0 saturated carbocycles. The number of aliphatic carboxylic acids is 1. The lowest BCUT2D eigenvalue weighted by Crippen LogP contribution is -2.49. The number of nitrogens with zero attached hydrogens (tertiary/aromatic N) is 4. The van der Waals surface area contributed by atoms with E-state index >= 15 is 0 Å². The van der Waals surface area contributed by atoms with Crippen LogP contribution in [-0.2, 0) is 15.7 Å². The molecule has 1 aliphatic rings. The van der Waals surface area contributed by atoms with Crippen LogP contribution in [0.5, 0.6) is 0 Å². The monoisotopic (exact) mass is 384 g/mol. The van der Waals surface area contributed by atoms with Gasteiger partial charge in [0.15, 0.2) is 5.69 Å². The van der Waals surface area contributed by atoms with Gasteiger partial charge in [0.2, 0.25) is 0 Å². The molecule has 3 rings (SSSR count). The van der Waals surface area contributed by atoms with Crippen LogP contribution in [-0.4, -0.2) is 62.7 Å². The Morgan fingerprint density at radius 3 is 2.74 bits per heavy atom. The lowest BCUT2D eigenvalue weighted by molar-refractivity contribution is -0.139. The minimum absolute atomic E-state index is 0.0586. The number of para-hydroxylation sites is 1. The predicted molar refractivity (Wildman–Crippen MR) is 84.3 cm³/mol. The Kier molecular flexibility index (Phi) is 5.13. The minimum Gasteiger partial charge on any atom is -0.481 e. The first-order valence-electron chi connectivity index (χ1n) is 7.97. The zero-order valence-electron chi connectivity index (χ0n) is 13.9. The number of carbonyl (C=O) groups is 2. The van der Waals surface area contributed by atoms with E-state index in [0.717, 1.165) is 16.9 Å². The Hall–Kier alpha value is -2.95. The summed E-state index contributed by atoms with van der Waals surface area (Å²) in [6.07, 6.45) is -3.81. The van der Waals surface area contributed by atoms with Gasteiger partial charge in [-0.1, -0.05) is 17.3 Å². The van der Waals surface area contributed by atoms with Crippen LogP contribution in [0.3, 0.4) is 0 Å². The molecule has 2 aromatic rings. The zero-order valence-corrected chi connectivity index (χ0v) is 13.9. The molecule has 11 heteroatoms. The second kappa shape index (κ2) is 7.35. The van der Waals surface area contributed by atoms with E-state index in [2.05, 4.69) is 10.3 Å². The fraction of sp³-hybridized carbons (Fsp3) is 0.375. The van der Waals surface area contributed by atoms with E-state index in [1.54, 1.807) is 0 Å². The number of rotatable bonds is 4. The summed E-state index contributed by atoms with van der Waals surface area (Å²) in [6.45, 7) is 0.443. The van der Waals surface area contributed by atoms with Crippen molar-refractivity contribution in [2.24, 2.45) is 0 Å². The number of hydrogen-bond donors (Lipinski definition) is 1. The number of alkyl halides is 3. The van der Waals surface area contributed by atoms with E-state index in [1.165, 1.54) is 23.1 Å². The van der Waals surface area contributed by atoms with E-state index in [-0.39, 0.29) is 37.6 Å². The number of morpholine rings is 1. The fourth-order valence-corrected chi connectivity index (χ4v) is 2.83. The van der Waals surface area contributed by atoms with Gasteiger partial charge in [0.05, 0.1) is 43.1 Å². The summed E-state index contributed by atoms with van der Waals surface area (Å²) in [5, 5.41) is 16.3. The average molecular weight is 384 g/mol. The van der Waals surface area contributed by atoms with Gasteiger partial charge in [-0.2, -0.15) is 13.2 Å². The zero-order chi connectivity index (χ0) is 19.6. The van der Waals surface area contributed by atoms with Crippen LogP contribution in [0.15, 0.2) is 30.5 Å². The van der Waals surface area contributed by atoms with E-state index in [0.29, 0.717) is 0 Å². The summed E-state index contributed by atoms with van der Waals surface area (Å²) in [5.41, 5.74) is -1.35. The van der Waals surface area contributed by atoms with E-state index < -0.39 is 29.7 Å². The number of amides is 1. The molecule has 1 amide bonds. The van der Waals surface area contributed by atoms with Crippen LogP contribution in [0.25, 0.3) is 5.69 Å². The molecule has 1 aliphatic heterocycles. The van der Waals surface area contributed by atoms with Gasteiger partial charge in [-0.3, -0.25) is 9.59 Å². The second-order valence-electron chi connectivity index (χ2n) is 5.89. The lowest BCUT2D eigenvalue weighted by Gasteiger charge is -2.34. The number of aromatic nitrogens is 3. The molecule has 1 fully saturated rings. The van der Waals surface area contributed by atoms with Gasteiger partial charge in [0.25, 0.3) is 5.91 Å². The van der Waals surface area contributed by atoms with Crippen LogP contribution < -0.4 is 0 Å². The van der Waals surface area contributed by atoms with Gasteiger partial charge in [-0.25, -0.2) is 4.68 Å². The predicted octanol–water partition coefficient (Wildman–Crippen LogP) is 1.60. The molecule has 1 saturated heterocycles. The van der Waals surface area contributed by atoms with Crippen molar-refractivity contribution in [3.05, 3.63) is 41.7 Å². The maximum atomic E-state index is 13.2. The standard InChI is InChI=1S/C16H15F3N4O4/c17-16(18,19)11-3-1-2-4-13(11)23-8-12(20-21-23)15(26)22-5-6-27-9-10(22)7-14(24)25/h1-4,8,10H,5-7,9H2,(H,24,25). The van der Waals surface area contributed by atoms with Crippen molar-refractivity contribution < 1.29 is 32.6 Å². The number of ether oxygens (including phenoxy) is 1.